The molecule has 0 saturated heterocycles. The van der Waals surface area contributed by atoms with Crippen LogP contribution in [0.25, 0.3) is 10.6 Å². The number of rotatable bonds is 10. The van der Waals surface area contributed by atoms with Crippen molar-refractivity contribution < 1.29 is 14.3 Å². The first-order chi connectivity index (χ1) is 15.0. The van der Waals surface area contributed by atoms with Gasteiger partial charge >= 0.3 is 0 Å². The zero-order valence-corrected chi connectivity index (χ0v) is 19.5. The van der Waals surface area contributed by atoms with Crippen LogP contribution in [0.2, 0.25) is 0 Å². The Morgan fingerprint density at radius 3 is 2.58 bits per heavy atom. The third-order valence-corrected chi connectivity index (χ3v) is 6.09. The monoisotopic (exact) mass is 438 g/mol. The Morgan fingerprint density at radius 1 is 1.03 bits per heavy atom. The highest BCUT2D eigenvalue weighted by Crippen LogP contribution is 2.30. The Kier molecular flexibility index (Phi) is 8.35. The lowest BCUT2D eigenvalue weighted by Crippen LogP contribution is -2.22. The highest BCUT2D eigenvalue weighted by molar-refractivity contribution is 7.17. The fourth-order valence-electron chi connectivity index (χ4n) is 3.32. The summed E-state index contributed by atoms with van der Waals surface area (Å²) in [6.07, 6.45) is 0. The fourth-order valence-corrected chi connectivity index (χ4v) is 4.39. The number of amides is 1. The highest BCUT2D eigenvalue weighted by Gasteiger charge is 2.17. The molecule has 31 heavy (non-hydrogen) atoms. The number of carbonyl (C=O) groups is 1. The van der Waals surface area contributed by atoms with Crippen LogP contribution >= 0.6 is 11.3 Å². The second-order valence-electron chi connectivity index (χ2n) is 7.50. The Balaban J connectivity index is 1.60. The molecule has 0 bridgehead atoms. The predicted octanol–water partition coefficient (Wildman–Crippen LogP) is 5.22. The zero-order valence-electron chi connectivity index (χ0n) is 18.7. The molecule has 5 nitrogen and oxygen atoms in total. The molecule has 0 atom stereocenters. The number of nitrogens with one attached hydrogen (secondary N) is 1. The summed E-state index contributed by atoms with van der Waals surface area (Å²) in [7, 11) is 0. The minimum absolute atomic E-state index is 0.0932. The molecule has 0 aliphatic heterocycles. The van der Waals surface area contributed by atoms with E-state index in [0.29, 0.717) is 37.8 Å². The first kappa shape index (κ1) is 23.1. The minimum atomic E-state index is -0.0932. The molecule has 6 heteroatoms. The van der Waals surface area contributed by atoms with Gasteiger partial charge in [-0.15, -0.1) is 11.3 Å². The van der Waals surface area contributed by atoms with Gasteiger partial charge in [0.05, 0.1) is 25.5 Å². The number of nitrogens with zero attached hydrogens (tertiary/aromatic N) is 1. The first-order valence-corrected chi connectivity index (χ1v) is 11.4. The second-order valence-corrected chi connectivity index (χ2v) is 8.50. The van der Waals surface area contributed by atoms with Crippen LogP contribution < -0.4 is 5.32 Å². The third-order valence-electron chi connectivity index (χ3n) is 4.90. The van der Waals surface area contributed by atoms with Gasteiger partial charge in [-0.2, -0.15) is 0 Å². The summed E-state index contributed by atoms with van der Waals surface area (Å²) in [5, 5.41) is 3.91. The lowest BCUT2D eigenvalue weighted by Gasteiger charge is -2.08. The largest absolute Gasteiger partial charge is 0.379 e. The maximum Gasteiger partial charge on any atom is 0.263 e. The van der Waals surface area contributed by atoms with Gasteiger partial charge in [0.15, 0.2) is 0 Å². The molecule has 164 valence electrons. The number of benzene rings is 2. The van der Waals surface area contributed by atoms with Gasteiger partial charge in [0.25, 0.3) is 5.91 Å². The fraction of sp³-hybridized carbons (Fsp3) is 0.360. The van der Waals surface area contributed by atoms with Crippen LogP contribution in [0, 0.1) is 20.8 Å². The maximum atomic E-state index is 12.8. The number of hydrogen-bond donors (Lipinski definition) is 1. The van der Waals surface area contributed by atoms with Gasteiger partial charge in [-0.3, -0.25) is 4.79 Å². The summed E-state index contributed by atoms with van der Waals surface area (Å²) < 4.78 is 10.9. The summed E-state index contributed by atoms with van der Waals surface area (Å²) >= 11 is 1.44. The molecule has 1 heterocycles. The van der Waals surface area contributed by atoms with Crippen LogP contribution in [-0.4, -0.2) is 30.7 Å². The van der Waals surface area contributed by atoms with Crippen molar-refractivity contribution in [1.29, 1.82) is 0 Å². The standard InChI is InChI=1S/C25H30N2O3S/c1-5-29-11-12-30-16-21-8-6-7-20(14-21)15-26-24(28)23-19(4)27-25(31-23)22-10-9-17(2)13-18(22)3/h6-10,13-14H,5,11-12,15-16H2,1-4H3,(H,26,28). The lowest BCUT2D eigenvalue weighted by molar-refractivity contribution is 0.0453. The Morgan fingerprint density at radius 2 is 1.81 bits per heavy atom. The molecule has 2 aromatic carbocycles. The Hall–Kier alpha value is -2.54. The van der Waals surface area contributed by atoms with Crippen LogP contribution in [0.15, 0.2) is 42.5 Å². The van der Waals surface area contributed by atoms with Crippen molar-refractivity contribution >= 4 is 17.2 Å². The topological polar surface area (TPSA) is 60.5 Å². The normalized spacial score (nSPS) is 11.0. The summed E-state index contributed by atoms with van der Waals surface area (Å²) in [5.41, 5.74) is 6.34. The quantitative estimate of drug-likeness (QED) is 0.441. The zero-order chi connectivity index (χ0) is 22.2. The average molecular weight is 439 g/mol. The van der Waals surface area contributed by atoms with Crippen molar-refractivity contribution in [2.24, 2.45) is 0 Å². The van der Waals surface area contributed by atoms with E-state index in [1.165, 1.54) is 22.5 Å². The number of aromatic nitrogens is 1. The maximum absolute atomic E-state index is 12.8. The van der Waals surface area contributed by atoms with Gasteiger partial charge in [0.2, 0.25) is 0 Å². The average Bonchev–Trinajstić information content (AvgIpc) is 3.13. The second kappa shape index (κ2) is 11.2. The molecule has 3 aromatic rings. The minimum Gasteiger partial charge on any atom is -0.379 e. The van der Waals surface area contributed by atoms with Crippen LogP contribution in [-0.2, 0) is 22.6 Å². The van der Waals surface area contributed by atoms with Crippen LogP contribution in [0.5, 0.6) is 0 Å². The van der Waals surface area contributed by atoms with Crippen molar-refractivity contribution in [2.75, 3.05) is 19.8 Å². The highest BCUT2D eigenvalue weighted by atomic mass is 32.1. The predicted molar refractivity (Wildman–Crippen MR) is 126 cm³/mol. The van der Waals surface area contributed by atoms with Crippen molar-refractivity contribution in [1.82, 2.24) is 10.3 Å². The number of ether oxygens (including phenoxy) is 2. The molecule has 1 N–H and O–H groups in total. The number of aryl methyl sites for hydroxylation is 3. The van der Waals surface area contributed by atoms with Crippen LogP contribution in [0.4, 0.5) is 0 Å². The van der Waals surface area contributed by atoms with Crippen molar-refractivity contribution in [3.8, 4) is 10.6 Å². The van der Waals surface area contributed by atoms with Gasteiger partial charge in [-0.1, -0.05) is 48.0 Å². The molecule has 0 unspecified atom stereocenters. The molecule has 1 aromatic heterocycles. The van der Waals surface area contributed by atoms with Crippen molar-refractivity contribution in [3.05, 3.63) is 75.3 Å². The molecular formula is C25H30N2O3S. The smallest absolute Gasteiger partial charge is 0.263 e. The summed E-state index contributed by atoms with van der Waals surface area (Å²) in [6, 6.07) is 14.4. The van der Waals surface area contributed by atoms with Gasteiger partial charge in [-0.05, 0) is 44.4 Å². The van der Waals surface area contributed by atoms with E-state index < -0.39 is 0 Å². The van der Waals surface area contributed by atoms with E-state index in [1.807, 2.05) is 32.0 Å². The summed E-state index contributed by atoms with van der Waals surface area (Å²) in [4.78, 5) is 18.1. The molecule has 0 aliphatic rings. The van der Waals surface area contributed by atoms with E-state index in [4.69, 9.17) is 9.47 Å². The Bertz CT molecular complexity index is 1030. The number of carbonyl (C=O) groups excluding carboxylic acids is 1. The molecule has 0 spiro atoms. The van der Waals surface area contributed by atoms with Gasteiger partial charge < -0.3 is 14.8 Å². The summed E-state index contributed by atoms with van der Waals surface area (Å²) in [5.74, 6) is -0.0932. The van der Waals surface area contributed by atoms with Crippen LogP contribution in [0.1, 0.15) is 44.5 Å². The Labute approximate surface area is 188 Å². The summed E-state index contributed by atoms with van der Waals surface area (Å²) in [6.45, 7) is 10.9. The van der Waals surface area contributed by atoms with E-state index >= 15 is 0 Å². The molecule has 0 fully saturated rings. The SMILES string of the molecule is CCOCCOCc1cccc(CNC(=O)c2sc(-c3ccc(C)cc3C)nc2C)c1. The molecule has 0 aliphatic carbocycles. The molecule has 0 radical (unpaired) electrons. The van der Waals surface area contributed by atoms with E-state index in [9.17, 15) is 4.79 Å². The van der Waals surface area contributed by atoms with Gasteiger partial charge in [-0.25, -0.2) is 4.98 Å². The van der Waals surface area contributed by atoms with Gasteiger partial charge in [0, 0.05) is 18.7 Å². The number of hydrogen-bond acceptors (Lipinski definition) is 5. The van der Waals surface area contributed by atoms with E-state index in [2.05, 4.69) is 48.4 Å². The van der Waals surface area contributed by atoms with Crippen molar-refractivity contribution in [3.63, 3.8) is 0 Å². The molecular weight excluding hydrogens is 408 g/mol. The van der Waals surface area contributed by atoms with Gasteiger partial charge in [0.1, 0.15) is 9.88 Å². The van der Waals surface area contributed by atoms with E-state index in [1.54, 1.807) is 0 Å². The van der Waals surface area contributed by atoms with E-state index in [0.717, 1.165) is 27.4 Å². The number of thiazole rings is 1. The third kappa shape index (κ3) is 6.47. The van der Waals surface area contributed by atoms with Crippen LogP contribution in [0.3, 0.4) is 0 Å². The molecule has 3 rings (SSSR count). The van der Waals surface area contributed by atoms with E-state index in [-0.39, 0.29) is 5.91 Å². The lowest BCUT2D eigenvalue weighted by atomic mass is 10.1. The first-order valence-electron chi connectivity index (χ1n) is 10.5. The van der Waals surface area contributed by atoms with Crippen molar-refractivity contribution in [2.45, 2.75) is 40.8 Å². The molecule has 0 saturated carbocycles. The molecule has 1 amide bonds.